The van der Waals surface area contributed by atoms with Crippen LogP contribution in [-0.4, -0.2) is 53.0 Å². The molecule has 0 aliphatic carbocycles. The van der Waals surface area contributed by atoms with Crippen LogP contribution in [-0.2, 0) is 11.3 Å². The average molecular weight is 414 g/mol. The Kier molecular flexibility index (Phi) is 7.28. The first kappa shape index (κ1) is 21.3. The van der Waals surface area contributed by atoms with E-state index in [2.05, 4.69) is 21.3 Å². The number of pyridine rings is 1. The van der Waals surface area contributed by atoms with E-state index in [9.17, 15) is 9.59 Å². The Bertz CT molecular complexity index is 895. The van der Waals surface area contributed by atoms with Gasteiger partial charge in [-0.2, -0.15) is 11.8 Å². The molecule has 0 atom stereocenters. The van der Waals surface area contributed by atoms with Crippen LogP contribution in [0, 0.1) is 13.8 Å². The van der Waals surface area contributed by atoms with Crippen molar-refractivity contribution in [1.82, 2.24) is 9.88 Å². The molecule has 1 saturated heterocycles. The Morgan fingerprint density at radius 3 is 2.62 bits per heavy atom. The molecule has 1 aliphatic rings. The van der Waals surface area contributed by atoms with Crippen LogP contribution in [0.1, 0.15) is 44.6 Å². The van der Waals surface area contributed by atoms with Crippen LogP contribution >= 0.6 is 11.8 Å². The molecule has 0 saturated carbocycles. The van der Waals surface area contributed by atoms with Gasteiger partial charge in [-0.3, -0.25) is 9.69 Å². The second-order valence-corrected chi connectivity index (χ2v) is 8.27. The standard InChI is InChI=1S/C22H27N3O3S/c1-4-28-22(27)18-7-8-19(23-16(18)3)21(26)24-20-13-17(6-5-15(20)2)14-25-9-11-29-12-10-25/h5-8,13H,4,9-12,14H2,1-3H3,(H,24,26). The molecular formula is C22H27N3O3S. The van der Waals surface area contributed by atoms with Crippen molar-refractivity contribution < 1.29 is 14.3 Å². The second kappa shape index (κ2) is 9.89. The number of ether oxygens (including phenoxy) is 1. The third kappa shape index (κ3) is 5.58. The molecule has 2 heterocycles. The molecule has 0 bridgehead atoms. The molecule has 7 heteroatoms. The highest BCUT2D eigenvalue weighted by atomic mass is 32.2. The zero-order chi connectivity index (χ0) is 20.8. The number of nitrogens with zero attached hydrogens (tertiary/aromatic N) is 2. The molecule has 1 aromatic heterocycles. The molecule has 2 aromatic rings. The minimum Gasteiger partial charge on any atom is -0.462 e. The van der Waals surface area contributed by atoms with Gasteiger partial charge < -0.3 is 10.1 Å². The van der Waals surface area contributed by atoms with Crippen molar-refractivity contribution in [3.8, 4) is 0 Å². The van der Waals surface area contributed by atoms with Crippen LogP contribution in [0.2, 0.25) is 0 Å². The van der Waals surface area contributed by atoms with Gasteiger partial charge in [0.25, 0.3) is 5.91 Å². The lowest BCUT2D eigenvalue weighted by Crippen LogP contribution is -2.32. The number of aromatic nitrogens is 1. The Hall–Kier alpha value is -2.38. The number of aryl methyl sites for hydroxylation is 2. The number of hydrogen-bond acceptors (Lipinski definition) is 6. The van der Waals surface area contributed by atoms with Crippen LogP contribution in [0.3, 0.4) is 0 Å². The van der Waals surface area contributed by atoms with Crippen LogP contribution in [0.5, 0.6) is 0 Å². The maximum absolute atomic E-state index is 12.7. The van der Waals surface area contributed by atoms with Crippen molar-refractivity contribution in [2.75, 3.05) is 36.5 Å². The highest BCUT2D eigenvalue weighted by Gasteiger charge is 2.16. The fourth-order valence-electron chi connectivity index (χ4n) is 3.22. The number of rotatable bonds is 6. The number of anilines is 1. The largest absolute Gasteiger partial charge is 0.462 e. The second-order valence-electron chi connectivity index (χ2n) is 7.04. The molecule has 1 aliphatic heterocycles. The monoisotopic (exact) mass is 413 g/mol. The smallest absolute Gasteiger partial charge is 0.339 e. The Morgan fingerprint density at radius 1 is 1.17 bits per heavy atom. The van der Waals surface area contributed by atoms with Gasteiger partial charge in [0.05, 0.1) is 17.9 Å². The lowest BCUT2D eigenvalue weighted by atomic mass is 10.1. The molecule has 29 heavy (non-hydrogen) atoms. The summed E-state index contributed by atoms with van der Waals surface area (Å²) in [5, 5.41) is 2.96. The number of carbonyl (C=O) groups is 2. The van der Waals surface area contributed by atoms with Crippen molar-refractivity contribution in [3.63, 3.8) is 0 Å². The molecule has 0 unspecified atom stereocenters. The molecule has 1 aromatic carbocycles. The Morgan fingerprint density at radius 2 is 1.93 bits per heavy atom. The summed E-state index contributed by atoms with van der Waals surface area (Å²) in [6.07, 6.45) is 0. The van der Waals surface area contributed by atoms with Gasteiger partial charge in [0.2, 0.25) is 0 Å². The van der Waals surface area contributed by atoms with Gasteiger partial charge in [-0.15, -0.1) is 0 Å². The molecule has 3 rings (SSSR count). The average Bonchev–Trinajstić information content (AvgIpc) is 2.71. The van der Waals surface area contributed by atoms with Gasteiger partial charge in [0, 0.05) is 36.8 Å². The van der Waals surface area contributed by atoms with E-state index in [1.165, 1.54) is 17.1 Å². The molecular weight excluding hydrogens is 386 g/mol. The van der Waals surface area contributed by atoms with Crippen LogP contribution in [0.25, 0.3) is 0 Å². The maximum Gasteiger partial charge on any atom is 0.339 e. The van der Waals surface area contributed by atoms with Gasteiger partial charge in [0.1, 0.15) is 5.69 Å². The minimum absolute atomic E-state index is 0.272. The van der Waals surface area contributed by atoms with Gasteiger partial charge in [0.15, 0.2) is 0 Å². The molecule has 6 nitrogen and oxygen atoms in total. The summed E-state index contributed by atoms with van der Waals surface area (Å²) in [6, 6.07) is 9.33. The maximum atomic E-state index is 12.7. The summed E-state index contributed by atoms with van der Waals surface area (Å²) >= 11 is 1.99. The van der Waals surface area contributed by atoms with Crippen molar-refractivity contribution in [1.29, 1.82) is 0 Å². The SMILES string of the molecule is CCOC(=O)c1ccc(C(=O)Nc2cc(CN3CCSCC3)ccc2C)nc1C. The molecule has 154 valence electrons. The summed E-state index contributed by atoms with van der Waals surface area (Å²) < 4.78 is 5.01. The summed E-state index contributed by atoms with van der Waals surface area (Å²) in [4.78, 5) is 31.4. The van der Waals surface area contributed by atoms with Gasteiger partial charge in [-0.1, -0.05) is 12.1 Å². The van der Waals surface area contributed by atoms with Crippen molar-refractivity contribution >= 4 is 29.3 Å². The first-order valence-electron chi connectivity index (χ1n) is 9.83. The van der Waals surface area contributed by atoms with E-state index in [0.29, 0.717) is 17.9 Å². The number of amides is 1. The van der Waals surface area contributed by atoms with E-state index >= 15 is 0 Å². The highest BCUT2D eigenvalue weighted by molar-refractivity contribution is 7.99. The molecule has 1 N–H and O–H groups in total. The van der Waals surface area contributed by atoms with Gasteiger partial charge in [-0.05, 0) is 50.1 Å². The van der Waals surface area contributed by atoms with Crippen LogP contribution in [0.4, 0.5) is 5.69 Å². The lowest BCUT2D eigenvalue weighted by Gasteiger charge is -2.26. The van der Waals surface area contributed by atoms with E-state index in [-0.39, 0.29) is 11.6 Å². The van der Waals surface area contributed by atoms with Gasteiger partial charge >= 0.3 is 5.97 Å². The number of nitrogens with one attached hydrogen (secondary N) is 1. The van der Waals surface area contributed by atoms with Crippen LogP contribution < -0.4 is 5.32 Å². The Labute approximate surface area is 176 Å². The van der Waals surface area contributed by atoms with E-state index in [0.717, 1.165) is 30.9 Å². The molecule has 1 fully saturated rings. The number of esters is 1. The number of hydrogen-bond donors (Lipinski definition) is 1. The number of benzene rings is 1. The summed E-state index contributed by atoms with van der Waals surface area (Å²) in [5.74, 6) is 1.62. The van der Waals surface area contributed by atoms with E-state index in [1.807, 2.05) is 30.8 Å². The first-order chi connectivity index (χ1) is 14.0. The normalized spacial score (nSPS) is 14.4. The molecule has 0 spiro atoms. The lowest BCUT2D eigenvalue weighted by molar-refractivity contribution is 0.0524. The first-order valence-corrected chi connectivity index (χ1v) is 11.0. The van der Waals surface area contributed by atoms with E-state index in [1.54, 1.807) is 26.0 Å². The summed E-state index contributed by atoms with van der Waals surface area (Å²) in [7, 11) is 0. The summed E-state index contributed by atoms with van der Waals surface area (Å²) in [6.45, 7) is 8.79. The fourth-order valence-corrected chi connectivity index (χ4v) is 4.20. The summed E-state index contributed by atoms with van der Waals surface area (Å²) in [5.41, 5.74) is 4.09. The van der Waals surface area contributed by atoms with Crippen molar-refractivity contribution in [3.05, 3.63) is 58.4 Å². The van der Waals surface area contributed by atoms with Gasteiger partial charge in [-0.25, -0.2) is 9.78 Å². The Balaban J connectivity index is 1.72. The molecule has 0 radical (unpaired) electrons. The molecule has 1 amide bonds. The third-order valence-corrected chi connectivity index (χ3v) is 5.82. The van der Waals surface area contributed by atoms with E-state index < -0.39 is 5.97 Å². The number of thioether (sulfide) groups is 1. The topological polar surface area (TPSA) is 71.5 Å². The highest BCUT2D eigenvalue weighted by Crippen LogP contribution is 2.20. The predicted octanol–water partition coefficient (Wildman–Crippen LogP) is 3.68. The number of carbonyl (C=O) groups excluding carboxylic acids is 2. The third-order valence-electron chi connectivity index (χ3n) is 4.87. The zero-order valence-corrected chi connectivity index (χ0v) is 18.0. The van der Waals surface area contributed by atoms with Crippen LogP contribution in [0.15, 0.2) is 30.3 Å². The van der Waals surface area contributed by atoms with E-state index in [4.69, 9.17) is 4.74 Å². The van der Waals surface area contributed by atoms with Crippen molar-refractivity contribution in [2.45, 2.75) is 27.3 Å². The zero-order valence-electron chi connectivity index (χ0n) is 17.2. The quantitative estimate of drug-likeness (QED) is 0.729. The fraction of sp³-hybridized carbons (Fsp3) is 0.409. The minimum atomic E-state index is -0.427. The van der Waals surface area contributed by atoms with Crippen molar-refractivity contribution in [2.24, 2.45) is 0 Å². The predicted molar refractivity (Wildman–Crippen MR) is 117 cm³/mol.